The maximum atomic E-state index is 14.2. The number of ether oxygens (including phenoxy) is 4. The first-order valence-electron chi connectivity index (χ1n) is 6.03. The van der Waals surface area contributed by atoms with Gasteiger partial charge in [0.1, 0.15) is 0 Å². The van der Waals surface area contributed by atoms with E-state index in [0.29, 0.717) is 0 Å². The van der Waals surface area contributed by atoms with E-state index in [-0.39, 0.29) is 0 Å². The highest BCUT2D eigenvalue weighted by Gasteiger charge is 2.50. The lowest BCUT2D eigenvalue weighted by molar-refractivity contribution is -0.276. The van der Waals surface area contributed by atoms with Crippen LogP contribution >= 0.6 is 0 Å². The Kier molecular flexibility index (Phi) is 5.43. The molecule has 1 rings (SSSR count). The van der Waals surface area contributed by atoms with Crippen LogP contribution in [0.5, 0.6) is 0 Å². The highest BCUT2D eigenvalue weighted by Crippen LogP contribution is 2.29. The van der Waals surface area contributed by atoms with Gasteiger partial charge in [0.15, 0.2) is 12.2 Å². The third-order valence-electron chi connectivity index (χ3n) is 2.60. The zero-order valence-corrected chi connectivity index (χ0v) is 11.6. The van der Waals surface area contributed by atoms with Crippen LogP contribution in [0.4, 0.5) is 4.39 Å². The van der Waals surface area contributed by atoms with Crippen molar-refractivity contribution in [2.75, 3.05) is 0 Å². The van der Waals surface area contributed by atoms with E-state index in [0.717, 1.165) is 20.8 Å². The monoisotopic (exact) mass is 292 g/mol. The Hall–Kier alpha value is -1.70. The molecule has 0 radical (unpaired) electrons. The van der Waals surface area contributed by atoms with E-state index in [4.69, 9.17) is 14.2 Å². The summed E-state index contributed by atoms with van der Waals surface area (Å²) >= 11 is 0. The molecule has 0 N–H and O–H groups in total. The number of rotatable bonds is 3. The Morgan fingerprint density at radius 3 is 1.80 bits per heavy atom. The second-order valence-electron chi connectivity index (χ2n) is 4.41. The van der Waals surface area contributed by atoms with Gasteiger partial charge in [-0.15, -0.1) is 0 Å². The summed E-state index contributed by atoms with van der Waals surface area (Å²) in [6, 6.07) is 0. The van der Waals surface area contributed by atoms with Crippen LogP contribution in [0.25, 0.3) is 0 Å². The lowest BCUT2D eigenvalue weighted by atomic mass is 10.00. The van der Waals surface area contributed by atoms with Gasteiger partial charge in [-0.25, -0.2) is 4.39 Å². The summed E-state index contributed by atoms with van der Waals surface area (Å²) in [6.45, 7) is 4.83. The zero-order valence-electron chi connectivity index (χ0n) is 11.6. The Morgan fingerprint density at radius 1 is 0.900 bits per heavy atom. The van der Waals surface area contributed by atoms with Crippen LogP contribution in [0.15, 0.2) is 0 Å². The topological polar surface area (TPSA) is 88.1 Å². The molecule has 0 aromatic carbocycles. The number of halogens is 1. The molecular weight excluding hydrogens is 275 g/mol. The summed E-state index contributed by atoms with van der Waals surface area (Å²) in [5.41, 5.74) is 0. The van der Waals surface area contributed by atoms with Gasteiger partial charge in [0.05, 0.1) is 6.10 Å². The Bertz CT molecular complexity index is 397. The fourth-order valence-corrected chi connectivity index (χ4v) is 1.90. The van der Waals surface area contributed by atoms with Crippen LogP contribution in [0.1, 0.15) is 27.7 Å². The van der Waals surface area contributed by atoms with Crippen molar-refractivity contribution in [3.05, 3.63) is 0 Å². The lowest BCUT2D eigenvalue weighted by Gasteiger charge is -2.40. The molecule has 0 amide bonds. The second-order valence-corrected chi connectivity index (χ2v) is 4.41. The van der Waals surface area contributed by atoms with Crippen molar-refractivity contribution < 1.29 is 37.7 Å². The van der Waals surface area contributed by atoms with Crippen molar-refractivity contribution in [3.63, 3.8) is 0 Å². The predicted molar refractivity (Wildman–Crippen MR) is 62.1 cm³/mol. The summed E-state index contributed by atoms with van der Waals surface area (Å²) in [5.74, 6) is -2.15. The smallest absolute Gasteiger partial charge is 0.305 e. The van der Waals surface area contributed by atoms with E-state index in [2.05, 4.69) is 4.74 Å². The zero-order chi connectivity index (χ0) is 15.4. The number of carbonyl (C=O) groups is 3. The molecule has 114 valence electrons. The first-order valence-corrected chi connectivity index (χ1v) is 6.03. The van der Waals surface area contributed by atoms with Gasteiger partial charge in [0, 0.05) is 20.8 Å². The van der Waals surface area contributed by atoms with Gasteiger partial charge >= 0.3 is 17.9 Å². The molecule has 8 heteroatoms. The van der Waals surface area contributed by atoms with E-state index in [1.165, 1.54) is 6.92 Å². The molecule has 0 aromatic heterocycles. The molecule has 0 aliphatic carbocycles. The SMILES string of the molecule is CC(=O)O[C@@H]1O[C@@H](C)[C@@H](OC(C)=O)[C@@H](OC(C)=O)[C@H]1F. The fraction of sp³-hybridized carbons (Fsp3) is 0.750. The number of hydrogen-bond acceptors (Lipinski definition) is 7. The highest BCUT2D eigenvalue weighted by molar-refractivity contribution is 5.68. The van der Waals surface area contributed by atoms with Crippen LogP contribution in [-0.2, 0) is 33.3 Å². The molecule has 1 aliphatic heterocycles. The van der Waals surface area contributed by atoms with Crippen LogP contribution < -0.4 is 0 Å². The van der Waals surface area contributed by atoms with E-state index in [1.54, 1.807) is 0 Å². The molecule has 0 unspecified atom stereocenters. The number of hydrogen-bond donors (Lipinski definition) is 0. The third-order valence-corrected chi connectivity index (χ3v) is 2.60. The van der Waals surface area contributed by atoms with Crippen molar-refractivity contribution in [1.29, 1.82) is 0 Å². The summed E-state index contributed by atoms with van der Waals surface area (Å²) in [4.78, 5) is 33.0. The van der Waals surface area contributed by atoms with Gasteiger partial charge in [0.25, 0.3) is 0 Å². The Labute approximate surface area is 115 Å². The Balaban J connectivity index is 2.93. The quantitative estimate of drug-likeness (QED) is 0.552. The number of alkyl halides is 1. The summed E-state index contributed by atoms with van der Waals surface area (Å²) in [7, 11) is 0. The highest BCUT2D eigenvalue weighted by atomic mass is 19.1. The molecule has 0 spiro atoms. The van der Waals surface area contributed by atoms with Gasteiger partial charge in [0.2, 0.25) is 12.5 Å². The second kappa shape index (κ2) is 6.65. The van der Waals surface area contributed by atoms with Crippen molar-refractivity contribution >= 4 is 17.9 Å². The molecule has 1 saturated heterocycles. The average molecular weight is 292 g/mol. The van der Waals surface area contributed by atoms with Crippen molar-refractivity contribution in [2.24, 2.45) is 0 Å². The number of carbonyl (C=O) groups excluding carboxylic acids is 3. The van der Waals surface area contributed by atoms with E-state index >= 15 is 0 Å². The molecule has 1 heterocycles. The van der Waals surface area contributed by atoms with Crippen LogP contribution in [0, 0.1) is 0 Å². The molecule has 1 aliphatic rings. The maximum Gasteiger partial charge on any atom is 0.305 e. The molecule has 7 nitrogen and oxygen atoms in total. The predicted octanol–water partition coefficient (Wildman–Crippen LogP) is 0.496. The van der Waals surface area contributed by atoms with E-state index in [9.17, 15) is 18.8 Å². The summed E-state index contributed by atoms with van der Waals surface area (Å²) in [6.07, 6.45) is -6.79. The van der Waals surface area contributed by atoms with E-state index in [1.807, 2.05) is 0 Å². The van der Waals surface area contributed by atoms with Crippen molar-refractivity contribution in [2.45, 2.75) is 58.5 Å². The standard InChI is InChI=1S/C12H17FO7/c1-5-10(18-6(2)14)11(19-7(3)15)9(13)12(17-5)20-8(4)16/h5,9-12H,1-4H3/t5-,9+,10+,11-,12-/m0/s1. The van der Waals surface area contributed by atoms with Gasteiger partial charge in [-0.2, -0.15) is 0 Å². The Morgan fingerprint density at radius 2 is 1.35 bits per heavy atom. The van der Waals surface area contributed by atoms with E-state index < -0.39 is 48.7 Å². The fourth-order valence-electron chi connectivity index (χ4n) is 1.90. The van der Waals surface area contributed by atoms with Gasteiger partial charge in [-0.05, 0) is 6.92 Å². The minimum absolute atomic E-state index is 0.666. The van der Waals surface area contributed by atoms with Gasteiger partial charge in [-0.3, -0.25) is 14.4 Å². The van der Waals surface area contributed by atoms with Crippen LogP contribution in [-0.4, -0.2) is 48.7 Å². The van der Waals surface area contributed by atoms with Crippen molar-refractivity contribution in [1.82, 2.24) is 0 Å². The first-order chi connectivity index (χ1) is 9.22. The largest absolute Gasteiger partial charge is 0.456 e. The van der Waals surface area contributed by atoms with Crippen LogP contribution in [0.2, 0.25) is 0 Å². The molecular formula is C12H17FO7. The summed E-state index contributed by atoms with van der Waals surface area (Å²) in [5, 5.41) is 0. The summed E-state index contributed by atoms with van der Waals surface area (Å²) < 4.78 is 33.8. The molecule has 0 bridgehead atoms. The lowest BCUT2D eigenvalue weighted by Crippen LogP contribution is -2.58. The minimum Gasteiger partial charge on any atom is -0.456 e. The number of esters is 3. The molecule has 0 aromatic rings. The van der Waals surface area contributed by atoms with Gasteiger partial charge in [-0.1, -0.05) is 0 Å². The first kappa shape index (κ1) is 16.4. The molecule has 1 fully saturated rings. The van der Waals surface area contributed by atoms with Gasteiger partial charge < -0.3 is 18.9 Å². The maximum absolute atomic E-state index is 14.2. The molecule has 20 heavy (non-hydrogen) atoms. The molecule has 5 atom stereocenters. The normalized spacial score (nSPS) is 33.1. The molecule has 0 saturated carbocycles. The minimum atomic E-state index is -1.96. The average Bonchev–Trinajstić information content (AvgIpc) is 2.28. The third kappa shape index (κ3) is 4.16. The van der Waals surface area contributed by atoms with Crippen molar-refractivity contribution in [3.8, 4) is 0 Å². The van der Waals surface area contributed by atoms with Crippen LogP contribution in [0.3, 0.4) is 0 Å².